The van der Waals surface area contributed by atoms with Crippen LogP contribution in [0.1, 0.15) is 18.4 Å². The Hall–Kier alpha value is -1.83. The summed E-state index contributed by atoms with van der Waals surface area (Å²) in [7, 11) is 0. The number of hydrogen-bond donors (Lipinski definition) is 0. The molecule has 2 heteroatoms. The molecule has 2 aliphatic carbocycles. The van der Waals surface area contributed by atoms with Crippen molar-refractivity contribution in [2.24, 2.45) is 11.8 Å². The Morgan fingerprint density at radius 2 is 2.05 bits per heavy atom. The highest BCUT2D eigenvalue weighted by Crippen LogP contribution is 2.42. The fraction of sp³-hybridized carbons (Fsp3) is 0.353. The molecule has 0 heterocycles. The average Bonchev–Trinajstić information content (AvgIpc) is 3.07. The minimum atomic E-state index is 0.0507. The van der Waals surface area contributed by atoms with Crippen molar-refractivity contribution in [3.05, 3.63) is 60.7 Å². The Labute approximate surface area is 114 Å². The zero-order valence-corrected chi connectivity index (χ0v) is 11.0. The van der Waals surface area contributed by atoms with Crippen LogP contribution in [0.5, 0.6) is 0 Å². The summed E-state index contributed by atoms with van der Waals surface area (Å²) in [4.78, 5) is 14.2. The van der Waals surface area contributed by atoms with Gasteiger partial charge in [-0.1, -0.05) is 49.1 Å². The molecule has 0 N–H and O–H groups in total. The molecule has 19 heavy (non-hydrogen) atoms. The van der Waals surface area contributed by atoms with Crippen LogP contribution in [0.25, 0.3) is 0 Å². The topological polar surface area (TPSA) is 20.3 Å². The third-order valence-electron chi connectivity index (χ3n) is 4.30. The maximum Gasteiger partial charge on any atom is 0.246 e. The number of carbonyl (C=O) groups is 1. The number of carbonyl (C=O) groups excluding carboxylic acids is 1. The van der Waals surface area contributed by atoms with Crippen molar-refractivity contribution < 1.29 is 4.79 Å². The molecule has 0 aromatic heterocycles. The first-order valence-corrected chi connectivity index (χ1v) is 6.93. The predicted molar refractivity (Wildman–Crippen MR) is 76.3 cm³/mol. The monoisotopic (exact) mass is 253 g/mol. The van der Waals surface area contributed by atoms with E-state index in [4.69, 9.17) is 0 Å². The van der Waals surface area contributed by atoms with Gasteiger partial charge >= 0.3 is 0 Å². The summed E-state index contributed by atoms with van der Waals surface area (Å²) in [6, 6.07) is 10.5. The number of benzene rings is 1. The average molecular weight is 253 g/mol. The predicted octanol–water partition coefficient (Wildman–Crippen LogP) is 3.17. The second-order valence-electron chi connectivity index (χ2n) is 5.50. The molecule has 3 rings (SSSR count). The minimum absolute atomic E-state index is 0.0507. The lowest BCUT2D eigenvalue weighted by atomic mass is 9.99. The lowest BCUT2D eigenvalue weighted by Gasteiger charge is -2.32. The lowest BCUT2D eigenvalue weighted by Crippen LogP contribution is -2.41. The van der Waals surface area contributed by atoms with Crippen LogP contribution in [0.2, 0.25) is 0 Å². The number of fused-ring (bicyclic) bond motifs is 2. The Balaban J connectivity index is 1.80. The second kappa shape index (κ2) is 5.04. The van der Waals surface area contributed by atoms with Gasteiger partial charge in [-0.15, -0.1) is 0 Å². The fourth-order valence-electron chi connectivity index (χ4n) is 3.37. The van der Waals surface area contributed by atoms with E-state index in [1.807, 2.05) is 23.1 Å². The number of hydrogen-bond acceptors (Lipinski definition) is 1. The van der Waals surface area contributed by atoms with E-state index in [9.17, 15) is 4.79 Å². The number of nitrogens with zero attached hydrogens (tertiary/aromatic N) is 1. The van der Waals surface area contributed by atoms with Crippen LogP contribution in [-0.4, -0.2) is 16.8 Å². The Morgan fingerprint density at radius 1 is 1.26 bits per heavy atom. The highest BCUT2D eigenvalue weighted by molar-refractivity contribution is 5.87. The molecule has 98 valence electrons. The largest absolute Gasteiger partial charge is 0.331 e. The molecule has 3 unspecified atom stereocenters. The first-order chi connectivity index (χ1) is 9.28. The SMILES string of the molecule is C=CC(=O)N(Cc1ccccc1)C1CC2C=CC1C2. The molecule has 2 nitrogen and oxygen atoms in total. The number of allylic oxidation sites excluding steroid dienone is 1. The van der Waals surface area contributed by atoms with E-state index < -0.39 is 0 Å². The summed E-state index contributed by atoms with van der Waals surface area (Å²) in [5.74, 6) is 1.26. The zero-order valence-electron chi connectivity index (χ0n) is 11.0. The summed E-state index contributed by atoms with van der Waals surface area (Å²) in [5.41, 5.74) is 1.18. The van der Waals surface area contributed by atoms with Crippen molar-refractivity contribution in [3.8, 4) is 0 Å². The van der Waals surface area contributed by atoms with Crippen LogP contribution in [0, 0.1) is 11.8 Å². The van der Waals surface area contributed by atoms with E-state index in [2.05, 4.69) is 30.9 Å². The molecule has 2 aliphatic rings. The van der Waals surface area contributed by atoms with Gasteiger partial charge in [0.2, 0.25) is 5.91 Å². The van der Waals surface area contributed by atoms with Gasteiger partial charge in [-0.2, -0.15) is 0 Å². The van der Waals surface area contributed by atoms with Gasteiger partial charge in [0, 0.05) is 12.6 Å². The molecule has 1 saturated carbocycles. The van der Waals surface area contributed by atoms with E-state index >= 15 is 0 Å². The molecule has 3 atom stereocenters. The summed E-state index contributed by atoms with van der Waals surface area (Å²) in [5, 5.41) is 0. The molecule has 1 amide bonds. The fourth-order valence-corrected chi connectivity index (χ4v) is 3.37. The smallest absolute Gasteiger partial charge is 0.246 e. The molecule has 2 bridgehead atoms. The zero-order chi connectivity index (χ0) is 13.2. The molecular weight excluding hydrogens is 234 g/mol. The summed E-state index contributed by atoms with van der Waals surface area (Å²) in [6.45, 7) is 4.34. The van der Waals surface area contributed by atoms with Gasteiger partial charge in [-0.3, -0.25) is 4.79 Å². The maximum atomic E-state index is 12.2. The van der Waals surface area contributed by atoms with Gasteiger partial charge in [0.1, 0.15) is 0 Å². The molecule has 1 aromatic carbocycles. The maximum absolute atomic E-state index is 12.2. The van der Waals surface area contributed by atoms with Gasteiger partial charge in [0.15, 0.2) is 0 Å². The molecule has 1 aromatic rings. The van der Waals surface area contributed by atoms with Crippen molar-refractivity contribution in [2.45, 2.75) is 25.4 Å². The van der Waals surface area contributed by atoms with Gasteiger partial charge in [0.25, 0.3) is 0 Å². The molecule has 1 fully saturated rings. The summed E-state index contributed by atoms with van der Waals surface area (Å²) >= 11 is 0. The van der Waals surface area contributed by atoms with Crippen LogP contribution in [-0.2, 0) is 11.3 Å². The second-order valence-corrected chi connectivity index (χ2v) is 5.50. The van der Waals surface area contributed by atoms with Crippen molar-refractivity contribution in [3.63, 3.8) is 0 Å². The molecule has 0 radical (unpaired) electrons. The highest BCUT2D eigenvalue weighted by atomic mass is 16.2. The van der Waals surface area contributed by atoms with Crippen molar-refractivity contribution in [1.82, 2.24) is 4.90 Å². The van der Waals surface area contributed by atoms with E-state index in [1.165, 1.54) is 18.1 Å². The number of rotatable bonds is 4. The lowest BCUT2D eigenvalue weighted by molar-refractivity contribution is -0.129. The first-order valence-electron chi connectivity index (χ1n) is 6.93. The van der Waals surface area contributed by atoms with Gasteiger partial charge < -0.3 is 4.90 Å². The van der Waals surface area contributed by atoms with Gasteiger partial charge in [-0.05, 0) is 36.3 Å². The van der Waals surface area contributed by atoms with E-state index in [-0.39, 0.29) is 5.91 Å². The van der Waals surface area contributed by atoms with Crippen LogP contribution in [0.4, 0.5) is 0 Å². The molecular formula is C17H19NO. The third kappa shape index (κ3) is 2.35. The Bertz CT molecular complexity index is 505. The molecule has 0 saturated heterocycles. The highest BCUT2D eigenvalue weighted by Gasteiger charge is 2.40. The Kier molecular flexibility index (Phi) is 3.24. The standard InChI is InChI=1S/C17H19NO/c1-2-17(19)18(12-13-6-4-3-5-7-13)16-11-14-8-9-15(16)10-14/h2-9,14-16H,1,10-12H2. The van der Waals surface area contributed by atoms with Crippen LogP contribution < -0.4 is 0 Å². The number of amides is 1. The van der Waals surface area contributed by atoms with Crippen molar-refractivity contribution in [1.29, 1.82) is 0 Å². The van der Waals surface area contributed by atoms with Crippen LogP contribution in [0.3, 0.4) is 0 Å². The van der Waals surface area contributed by atoms with E-state index in [1.54, 1.807) is 0 Å². The minimum Gasteiger partial charge on any atom is -0.331 e. The first kappa shape index (κ1) is 12.2. The van der Waals surface area contributed by atoms with Gasteiger partial charge in [0.05, 0.1) is 0 Å². The van der Waals surface area contributed by atoms with Crippen LogP contribution in [0.15, 0.2) is 55.1 Å². The quantitative estimate of drug-likeness (QED) is 0.596. The third-order valence-corrected chi connectivity index (χ3v) is 4.30. The van der Waals surface area contributed by atoms with Crippen molar-refractivity contribution >= 4 is 5.91 Å². The summed E-state index contributed by atoms with van der Waals surface area (Å²) < 4.78 is 0. The van der Waals surface area contributed by atoms with Crippen LogP contribution >= 0.6 is 0 Å². The summed E-state index contributed by atoms with van der Waals surface area (Å²) in [6.07, 6.45) is 8.35. The molecule has 0 spiro atoms. The molecule has 0 aliphatic heterocycles. The van der Waals surface area contributed by atoms with Gasteiger partial charge in [-0.25, -0.2) is 0 Å². The van der Waals surface area contributed by atoms with E-state index in [0.29, 0.717) is 24.4 Å². The van der Waals surface area contributed by atoms with Crippen molar-refractivity contribution in [2.75, 3.05) is 0 Å². The Morgan fingerprint density at radius 3 is 2.63 bits per heavy atom. The van der Waals surface area contributed by atoms with E-state index in [0.717, 1.165) is 6.42 Å². The normalized spacial score (nSPS) is 27.5.